The maximum atomic E-state index is 12.0. The molecule has 0 saturated carbocycles. The molecule has 1 fully saturated rings. The zero-order chi connectivity index (χ0) is 19.3. The van der Waals surface area contributed by atoms with E-state index >= 15 is 0 Å². The maximum Gasteiger partial charge on any atom is 0.344 e. The Hall–Kier alpha value is -2.09. The number of para-hydroxylation sites is 1. The van der Waals surface area contributed by atoms with Crippen LogP contribution in [0.1, 0.15) is 38.7 Å². The molecule has 0 spiro atoms. The number of sulfone groups is 1. The van der Waals surface area contributed by atoms with Crippen LogP contribution < -0.4 is 10.1 Å². The number of benzene rings is 1. The molecule has 0 bridgehead atoms. The van der Waals surface area contributed by atoms with Crippen LogP contribution in [-0.2, 0) is 24.2 Å². The van der Waals surface area contributed by atoms with Gasteiger partial charge in [0.2, 0.25) is 0 Å². The van der Waals surface area contributed by atoms with Gasteiger partial charge in [-0.15, -0.1) is 0 Å². The van der Waals surface area contributed by atoms with E-state index in [1.807, 2.05) is 32.0 Å². The number of amides is 1. The molecule has 144 valence electrons. The first-order valence-electron chi connectivity index (χ1n) is 8.60. The van der Waals surface area contributed by atoms with Crippen LogP contribution >= 0.6 is 0 Å². The summed E-state index contributed by atoms with van der Waals surface area (Å²) in [6, 6.07) is 6.99. The lowest BCUT2D eigenvalue weighted by Crippen LogP contribution is -2.43. The highest BCUT2D eigenvalue weighted by atomic mass is 32.2. The van der Waals surface area contributed by atoms with Crippen LogP contribution in [0.2, 0.25) is 0 Å². The van der Waals surface area contributed by atoms with Gasteiger partial charge in [-0.25, -0.2) is 13.2 Å². The summed E-state index contributed by atoms with van der Waals surface area (Å²) in [4.78, 5) is 24.0. The van der Waals surface area contributed by atoms with Gasteiger partial charge in [0.05, 0.1) is 11.5 Å². The van der Waals surface area contributed by atoms with E-state index in [1.165, 1.54) is 6.92 Å². The van der Waals surface area contributed by atoms with Crippen molar-refractivity contribution in [1.29, 1.82) is 0 Å². The molecule has 7 nitrogen and oxygen atoms in total. The Kier molecular flexibility index (Phi) is 6.63. The fourth-order valence-corrected chi connectivity index (χ4v) is 4.41. The molecule has 26 heavy (non-hydrogen) atoms. The van der Waals surface area contributed by atoms with Crippen molar-refractivity contribution in [3.8, 4) is 5.75 Å². The second kappa shape index (κ2) is 8.53. The van der Waals surface area contributed by atoms with E-state index < -0.39 is 33.9 Å². The number of nitrogens with one attached hydrogen (secondary N) is 1. The van der Waals surface area contributed by atoms with E-state index in [4.69, 9.17) is 9.47 Å². The van der Waals surface area contributed by atoms with E-state index in [1.54, 1.807) is 6.07 Å². The molecule has 1 heterocycles. The summed E-state index contributed by atoms with van der Waals surface area (Å²) >= 11 is 0. The molecule has 0 aromatic heterocycles. The highest BCUT2D eigenvalue weighted by Crippen LogP contribution is 2.25. The summed E-state index contributed by atoms with van der Waals surface area (Å²) in [6.07, 6.45) is -0.640. The molecular weight excluding hydrogens is 358 g/mol. The lowest BCUT2D eigenvalue weighted by Gasteiger charge is -2.17. The third-order valence-electron chi connectivity index (χ3n) is 4.14. The van der Waals surface area contributed by atoms with E-state index in [2.05, 4.69) is 5.32 Å². The summed E-state index contributed by atoms with van der Waals surface area (Å²) in [7, 11) is -3.08. The van der Waals surface area contributed by atoms with Crippen LogP contribution in [0.4, 0.5) is 0 Å². The molecule has 8 heteroatoms. The third kappa shape index (κ3) is 5.72. The molecule has 0 unspecified atom stereocenters. The number of rotatable bonds is 7. The fourth-order valence-electron chi connectivity index (χ4n) is 2.74. The van der Waals surface area contributed by atoms with E-state index in [0.29, 0.717) is 12.2 Å². The fraction of sp³-hybridized carbons (Fsp3) is 0.556. The summed E-state index contributed by atoms with van der Waals surface area (Å²) in [5.74, 6) is -0.334. The average molecular weight is 383 g/mol. The minimum absolute atomic E-state index is 0.0647. The highest BCUT2D eigenvalue weighted by molar-refractivity contribution is 7.91. The predicted octanol–water partition coefficient (Wildman–Crippen LogP) is 1.42. The van der Waals surface area contributed by atoms with Gasteiger partial charge in [0.15, 0.2) is 22.5 Å². The van der Waals surface area contributed by atoms with Gasteiger partial charge in [-0.1, -0.05) is 32.0 Å². The molecule has 1 aliphatic rings. The summed E-state index contributed by atoms with van der Waals surface area (Å²) < 4.78 is 33.4. The smallest absolute Gasteiger partial charge is 0.344 e. The van der Waals surface area contributed by atoms with E-state index in [-0.39, 0.29) is 24.0 Å². The molecule has 1 saturated heterocycles. The van der Waals surface area contributed by atoms with Gasteiger partial charge in [0, 0.05) is 6.04 Å². The number of hydrogen-bond acceptors (Lipinski definition) is 6. The van der Waals surface area contributed by atoms with Crippen molar-refractivity contribution < 1.29 is 27.5 Å². The van der Waals surface area contributed by atoms with Gasteiger partial charge >= 0.3 is 5.97 Å². The second-order valence-corrected chi connectivity index (χ2v) is 8.95. The summed E-state index contributed by atoms with van der Waals surface area (Å²) in [6.45, 7) is 5.18. The van der Waals surface area contributed by atoms with Crippen molar-refractivity contribution in [3.05, 3.63) is 29.8 Å². The lowest BCUT2D eigenvalue weighted by molar-refractivity contribution is -0.156. The molecule has 1 aromatic rings. The highest BCUT2D eigenvalue weighted by Gasteiger charge is 2.30. The van der Waals surface area contributed by atoms with Crippen LogP contribution in [0.5, 0.6) is 5.75 Å². The van der Waals surface area contributed by atoms with Crippen molar-refractivity contribution in [1.82, 2.24) is 5.32 Å². The molecule has 2 atom stereocenters. The molecule has 1 aliphatic heterocycles. The largest absolute Gasteiger partial charge is 0.482 e. The van der Waals surface area contributed by atoms with Gasteiger partial charge in [-0.3, -0.25) is 4.79 Å². The van der Waals surface area contributed by atoms with E-state index in [9.17, 15) is 18.0 Å². The molecule has 1 amide bonds. The van der Waals surface area contributed by atoms with Crippen molar-refractivity contribution in [3.63, 3.8) is 0 Å². The van der Waals surface area contributed by atoms with Crippen molar-refractivity contribution >= 4 is 21.7 Å². The van der Waals surface area contributed by atoms with Crippen LogP contribution in [-0.4, -0.2) is 50.6 Å². The Labute approximate surface area is 154 Å². The zero-order valence-electron chi connectivity index (χ0n) is 15.2. The Bertz CT molecular complexity index is 759. The summed E-state index contributed by atoms with van der Waals surface area (Å²) in [5.41, 5.74) is 0.980. The Morgan fingerprint density at radius 3 is 2.54 bits per heavy atom. The van der Waals surface area contributed by atoms with Crippen molar-refractivity contribution in [2.75, 3.05) is 18.1 Å². The first-order chi connectivity index (χ1) is 12.2. The number of carbonyl (C=O) groups is 2. The lowest BCUT2D eigenvalue weighted by atomic mass is 10.0. The molecule has 1 aromatic carbocycles. The van der Waals surface area contributed by atoms with Crippen LogP contribution in [0, 0.1) is 0 Å². The van der Waals surface area contributed by atoms with Crippen LogP contribution in [0.25, 0.3) is 0 Å². The van der Waals surface area contributed by atoms with Gasteiger partial charge in [-0.05, 0) is 30.9 Å². The van der Waals surface area contributed by atoms with Crippen molar-refractivity contribution in [2.24, 2.45) is 0 Å². The Balaban J connectivity index is 1.81. The number of ether oxygens (including phenoxy) is 2. The molecular formula is C18H25NO6S. The first kappa shape index (κ1) is 20.2. The quantitative estimate of drug-likeness (QED) is 0.715. The van der Waals surface area contributed by atoms with Crippen LogP contribution in [0.15, 0.2) is 24.3 Å². The van der Waals surface area contributed by atoms with Crippen molar-refractivity contribution in [2.45, 2.75) is 45.3 Å². The number of hydrogen-bond donors (Lipinski definition) is 1. The SMILES string of the molecule is CC(C)c1ccccc1OCC(=O)O[C@@H](C)C(=O)N[C@H]1CCS(=O)(=O)C1. The molecule has 1 N–H and O–H groups in total. The topological polar surface area (TPSA) is 98.8 Å². The number of carbonyl (C=O) groups excluding carboxylic acids is 2. The van der Waals surface area contributed by atoms with Crippen LogP contribution in [0.3, 0.4) is 0 Å². The van der Waals surface area contributed by atoms with Gasteiger partial charge in [0.1, 0.15) is 5.75 Å². The monoisotopic (exact) mass is 383 g/mol. The third-order valence-corrected chi connectivity index (χ3v) is 5.91. The second-order valence-electron chi connectivity index (χ2n) is 6.72. The van der Waals surface area contributed by atoms with E-state index in [0.717, 1.165) is 5.56 Å². The maximum absolute atomic E-state index is 12.0. The van der Waals surface area contributed by atoms with Gasteiger partial charge in [-0.2, -0.15) is 0 Å². The molecule has 2 rings (SSSR count). The Morgan fingerprint density at radius 2 is 1.92 bits per heavy atom. The molecule has 0 radical (unpaired) electrons. The standard InChI is InChI=1S/C18H25NO6S/c1-12(2)15-6-4-5-7-16(15)24-10-17(20)25-13(3)18(21)19-14-8-9-26(22,23)11-14/h4-7,12-14H,8-11H2,1-3H3,(H,19,21)/t13-,14-/m0/s1. The van der Waals surface area contributed by atoms with Gasteiger partial charge in [0.25, 0.3) is 5.91 Å². The zero-order valence-corrected chi connectivity index (χ0v) is 16.0. The first-order valence-corrected chi connectivity index (χ1v) is 10.4. The van der Waals surface area contributed by atoms with Gasteiger partial charge < -0.3 is 14.8 Å². The average Bonchev–Trinajstić information content (AvgIpc) is 2.91. The minimum atomic E-state index is -3.08. The molecule has 0 aliphatic carbocycles. The normalized spacial score (nSPS) is 19.8. The minimum Gasteiger partial charge on any atom is -0.482 e. The Morgan fingerprint density at radius 1 is 1.23 bits per heavy atom. The number of esters is 1. The predicted molar refractivity (Wildman–Crippen MR) is 96.8 cm³/mol. The summed E-state index contributed by atoms with van der Waals surface area (Å²) in [5, 5.41) is 2.60.